The van der Waals surface area contributed by atoms with E-state index in [1.807, 2.05) is 6.07 Å². The maximum absolute atomic E-state index is 12.9. The van der Waals surface area contributed by atoms with Gasteiger partial charge in [-0.15, -0.1) is 0 Å². The molecule has 2 aromatic rings. The summed E-state index contributed by atoms with van der Waals surface area (Å²) in [4.78, 5) is 12.3. The van der Waals surface area contributed by atoms with Gasteiger partial charge in [0.2, 0.25) is 5.91 Å². The number of carbonyl (C=O) groups is 1. The van der Waals surface area contributed by atoms with Crippen LogP contribution in [0.5, 0.6) is 0 Å². The van der Waals surface area contributed by atoms with Gasteiger partial charge in [-0.2, -0.15) is 0 Å². The van der Waals surface area contributed by atoms with E-state index in [1.54, 1.807) is 18.2 Å². The molecular weight excluding hydrogens is 301 g/mol. The Labute approximate surface area is 143 Å². The van der Waals surface area contributed by atoms with Crippen LogP contribution in [0.1, 0.15) is 56.2 Å². The lowest BCUT2D eigenvalue weighted by atomic mass is 9.92. The van der Waals surface area contributed by atoms with Crippen molar-refractivity contribution >= 4 is 17.7 Å². The Morgan fingerprint density at radius 2 is 1.50 bits per heavy atom. The average molecular weight is 325 g/mol. The lowest BCUT2D eigenvalue weighted by Gasteiger charge is -2.19. The highest BCUT2D eigenvalue weighted by Gasteiger charge is 2.14. The molecule has 0 aliphatic rings. The molecule has 126 valence electrons. The van der Waals surface area contributed by atoms with Crippen molar-refractivity contribution in [3.63, 3.8) is 0 Å². The summed E-state index contributed by atoms with van der Waals surface area (Å²) in [6, 6.07) is 12.2. The fourth-order valence-electron chi connectivity index (χ4n) is 2.61. The molecule has 0 heterocycles. The molecule has 0 aliphatic heterocycles. The Balaban J connectivity index is 2.23. The van der Waals surface area contributed by atoms with E-state index in [2.05, 4.69) is 45.1 Å². The summed E-state index contributed by atoms with van der Waals surface area (Å²) in [6.07, 6.45) is 3.16. The SMILES string of the molecule is CC(C)c1cccc(C(C)C)c1NC(=O)/C=C/c1ccc(F)cc1. The maximum Gasteiger partial charge on any atom is 0.248 e. The molecular formula is C21H24FNO. The molecule has 3 heteroatoms. The molecule has 0 spiro atoms. The zero-order chi connectivity index (χ0) is 17.7. The monoisotopic (exact) mass is 325 g/mol. The number of halogens is 1. The molecule has 0 atom stereocenters. The third-order valence-corrected chi connectivity index (χ3v) is 3.92. The van der Waals surface area contributed by atoms with Gasteiger partial charge in [0.15, 0.2) is 0 Å². The molecule has 0 bridgehead atoms. The van der Waals surface area contributed by atoms with Crippen LogP contribution in [0.4, 0.5) is 10.1 Å². The topological polar surface area (TPSA) is 29.1 Å². The second kappa shape index (κ2) is 7.91. The molecule has 2 rings (SSSR count). The Morgan fingerprint density at radius 3 is 2.00 bits per heavy atom. The first-order chi connectivity index (χ1) is 11.4. The van der Waals surface area contributed by atoms with Gasteiger partial charge in [-0.25, -0.2) is 4.39 Å². The highest BCUT2D eigenvalue weighted by molar-refractivity contribution is 6.03. The molecule has 0 radical (unpaired) electrons. The molecule has 1 amide bonds. The first-order valence-corrected chi connectivity index (χ1v) is 8.26. The van der Waals surface area contributed by atoms with E-state index in [0.29, 0.717) is 11.8 Å². The van der Waals surface area contributed by atoms with Gasteiger partial charge >= 0.3 is 0 Å². The fraction of sp³-hybridized carbons (Fsp3) is 0.286. The minimum Gasteiger partial charge on any atom is -0.322 e. The number of carbonyl (C=O) groups excluding carboxylic acids is 1. The van der Waals surface area contributed by atoms with E-state index >= 15 is 0 Å². The summed E-state index contributed by atoms with van der Waals surface area (Å²) in [6.45, 7) is 8.46. The number of rotatable bonds is 5. The largest absolute Gasteiger partial charge is 0.322 e. The molecule has 2 aromatic carbocycles. The third kappa shape index (κ3) is 4.54. The first kappa shape index (κ1) is 17.9. The van der Waals surface area contributed by atoms with Crippen molar-refractivity contribution in [3.8, 4) is 0 Å². The van der Waals surface area contributed by atoms with Crippen LogP contribution >= 0.6 is 0 Å². The lowest BCUT2D eigenvalue weighted by molar-refractivity contribution is -0.111. The zero-order valence-corrected chi connectivity index (χ0v) is 14.6. The van der Waals surface area contributed by atoms with Gasteiger partial charge in [0.05, 0.1) is 0 Å². The molecule has 0 fully saturated rings. The van der Waals surface area contributed by atoms with Gasteiger partial charge < -0.3 is 5.32 Å². The van der Waals surface area contributed by atoms with Crippen molar-refractivity contribution in [2.45, 2.75) is 39.5 Å². The van der Waals surface area contributed by atoms with Crippen molar-refractivity contribution in [1.29, 1.82) is 0 Å². The van der Waals surface area contributed by atoms with Crippen LogP contribution in [0.3, 0.4) is 0 Å². The third-order valence-electron chi connectivity index (χ3n) is 3.92. The lowest BCUT2D eigenvalue weighted by Crippen LogP contribution is -2.13. The van der Waals surface area contributed by atoms with Gasteiger partial charge in [0.25, 0.3) is 0 Å². The van der Waals surface area contributed by atoms with Crippen LogP contribution in [0, 0.1) is 5.82 Å². The molecule has 0 aromatic heterocycles. The fourth-order valence-corrected chi connectivity index (χ4v) is 2.61. The summed E-state index contributed by atoms with van der Waals surface area (Å²) >= 11 is 0. The number of benzene rings is 2. The normalized spacial score (nSPS) is 11.5. The van der Waals surface area contributed by atoms with E-state index in [0.717, 1.165) is 22.4 Å². The summed E-state index contributed by atoms with van der Waals surface area (Å²) < 4.78 is 12.9. The maximum atomic E-state index is 12.9. The van der Waals surface area contributed by atoms with Crippen molar-refractivity contribution < 1.29 is 9.18 Å². The standard InChI is InChI=1S/C21H24FNO/c1-14(2)18-6-5-7-19(15(3)4)21(18)23-20(24)13-10-16-8-11-17(22)12-9-16/h5-15H,1-4H3,(H,23,24)/b13-10+. The van der Waals surface area contributed by atoms with Gasteiger partial charge in [0.1, 0.15) is 5.82 Å². The number of amides is 1. The van der Waals surface area contributed by atoms with Crippen LogP contribution < -0.4 is 5.32 Å². The van der Waals surface area contributed by atoms with Crippen LogP contribution in [-0.2, 0) is 4.79 Å². The summed E-state index contributed by atoms with van der Waals surface area (Å²) in [5, 5.41) is 3.02. The summed E-state index contributed by atoms with van der Waals surface area (Å²) in [5.41, 5.74) is 3.94. The highest BCUT2D eigenvalue weighted by atomic mass is 19.1. The van der Waals surface area contributed by atoms with Gasteiger partial charge in [0, 0.05) is 11.8 Å². The van der Waals surface area contributed by atoms with Gasteiger partial charge in [-0.05, 0) is 46.7 Å². The second-order valence-electron chi connectivity index (χ2n) is 6.50. The van der Waals surface area contributed by atoms with E-state index < -0.39 is 0 Å². The van der Waals surface area contributed by atoms with E-state index in [1.165, 1.54) is 18.2 Å². The molecule has 1 N–H and O–H groups in total. The predicted molar refractivity (Wildman–Crippen MR) is 98.7 cm³/mol. The number of para-hydroxylation sites is 1. The van der Waals surface area contributed by atoms with Crippen LogP contribution in [-0.4, -0.2) is 5.91 Å². The van der Waals surface area contributed by atoms with Crippen molar-refractivity contribution in [2.75, 3.05) is 5.32 Å². The van der Waals surface area contributed by atoms with E-state index in [4.69, 9.17) is 0 Å². The van der Waals surface area contributed by atoms with Crippen molar-refractivity contribution in [1.82, 2.24) is 0 Å². The van der Waals surface area contributed by atoms with Gasteiger partial charge in [-0.3, -0.25) is 4.79 Å². The van der Waals surface area contributed by atoms with Crippen LogP contribution in [0.2, 0.25) is 0 Å². The summed E-state index contributed by atoms with van der Waals surface area (Å²) in [7, 11) is 0. The molecule has 24 heavy (non-hydrogen) atoms. The van der Waals surface area contributed by atoms with E-state index in [9.17, 15) is 9.18 Å². The minimum absolute atomic E-state index is 0.186. The summed E-state index contributed by atoms with van der Waals surface area (Å²) in [5.74, 6) is 0.165. The molecule has 0 saturated heterocycles. The Hall–Kier alpha value is -2.42. The Morgan fingerprint density at radius 1 is 0.958 bits per heavy atom. The zero-order valence-electron chi connectivity index (χ0n) is 14.6. The molecule has 0 saturated carbocycles. The van der Waals surface area contributed by atoms with Crippen LogP contribution in [0.25, 0.3) is 6.08 Å². The second-order valence-corrected chi connectivity index (χ2v) is 6.50. The van der Waals surface area contributed by atoms with E-state index in [-0.39, 0.29) is 11.7 Å². The Bertz CT molecular complexity index is 704. The predicted octanol–water partition coefficient (Wildman–Crippen LogP) is 5.72. The minimum atomic E-state index is -0.288. The number of anilines is 1. The molecule has 0 aliphatic carbocycles. The van der Waals surface area contributed by atoms with Crippen LogP contribution in [0.15, 0.2) is 48.5 Å². The Kier molecular flexibility index (Phi) is 5.91. The quantitative estimate of drug-likeness (QED) is 0.699. The van der Waals surface area contributed by atoms with Crippen molar-refractivity contribution in [2.24, 2.45) is 0 Å². The molecule has 0 unspecified atom stereocenters. The van der Waals surface area contributed by atoms with Crippen molar-refractivity contribution in [3.05, 3.63) is 71.0 Å². The van der Waals surface area contributed by atoms with Gasteiger partial charge in [-0.1, -0.05) is 58.0 Å². The molecule has 2 nitrogen and oxygen atoms in total. The number of hydrogen-bond acceptors (Lipinski definition) is 1. The highest BCUT2D eigenvalue weighted by Crippen LogP contribution is 2.32. The average Bonchev–Trinajstić information content (AvgIpc) is 2.54. The number of hydrogen-bond donors (Lipinski definition) is 1. The number of nitrogens with one attached hydrogen (secondary N) is 1. The first-order valence-electron chi connectivity index (χ1n) is 8.26. The smallest absolute Gasteiger partial charge is 0.248 e.